The average Bonchev–Trinajstić information content (AvgIpc) is 2.15. The van der Waals surface area contributed by atoms with Crippen molar-refractivity contribution in [3.8, 4) is 0 Å². The molecule has 0 bridgehead atoms. The van der Waals surface area contributed by atoms with Crippen LogP contribution in [0.2, 0.25) is 0 Å². The molecule has 13 heavy (non-hydrogen) atoms. The summed E-state index contributed by atoms with van der Waals surface area (Å²) in [5.74, 6) is 0.272. The third-order valence-electron chi connectivity index (χ3n) is 2.19. The lowest BCUT2D eigenvalue weighted by molar-refractivity contribution is -0.118. The summed E-state index contributed by atoms with van der Waals surface area (Å²) in [5.41, 5.74) is 1.11. The van der Waals surface area contributed by atoms with Gasteiger partial charge in [-0.1, -0.05) is 43.7 Å². The molecule has 0 aliphatic rings. The van der Waals surface area contributed by atoms with Crippen LogP contribution in [0.1, 0.15) is 31.2 Å². The minimum atomic E-state index is 0.0405. The minimum Gasteiger partial charge on any atom is -0.299 e. The van der Waals surface area contributed by atoms with Gasteiger partial charge >= 0.3 is 0 Å². The van der Waals surface area contributed by atoms with E-state index in [-0.39, 0.29) is 11.7 Å². The molecule has 1 aromatic carbocycles. The van der Waals surface area contributed by atoms with Crippen LogP contribution in [0.5, 0.6) is 0 Å². The van der Waals surface area contributed by atoms with Crippen molar-refractivity contribution in [1.82, 2.24) is 0 Å². The van der Waals surface area contributed by atoms with Crippen LogP contribution in [-0.2, 0) is 4.79 Å². The Bertz CT molecular complexity index is 264. The van der Waals surface area contributed by atoms with Crippen molar-refractivity contribution in [2.45, 2.75) is 25.7 Å². The third-order valence-corrected chi connectivity index (χ3v) is 2.19. The maximum Gasteiger partial charge on any atom is 0.137 e. The van der Waals surface area contributed by atoms with Crippen molar-refractivity contribution in [2.75, 3.05) is 0 Å². The summed E-state index contributed by atoms with van der Waals surface area (Å²) in [6.07, 6.45) is 1.65. The number of benzene rings is 1. The topological polar surface area (TPSA) is 17.1 Å². The SMILES string of the molecule is [CH2]CCC(C(C)=O)c1ccccc1. The molecule has 1 heteroatoms. The van der Waals surface area contributed by atoms with Crippen LogP contribution in [0.15, 0.2) is 30.3 Å². The molecule has 0 spiro atoms. The Labute approximate surface area is 79.8 Å². The lowest BCUT2D eigenvalue weighted by Gasteiger charge is -2.12. The number of rotatable bonds is 4. The second-order valence-electron chi connectivity index (χ2n) is 3.22. The van der Waals surface area contributed by atoms with E-state index in [1.54, 1.807) is 6.92 Å². The summed E-state index contributed by atoms with van der Waals surface area (Å²) < 4.78 is 0. The number of Topliss-reactive ketones (excluding diaryl/α,β-unsaturated/α-hetero) is 1. The third kappa shape index (κ3) is 2.69. The van der Waals surface area contributed by atoms with Crippen LogP contribution < -0.4 is 0 Å². The van der Waals surface area contributed by atoms with E-state index in [1.807, 2.05) is 30.3 Å². The maximum atomic E-state index is 11.3. The van der Waals surface area contributed by atoms with E-state index in [0.29, 0.717) is 0 Å². The van der Waals surface area contributed by atoms with Gasteiger partial charge < -0.3 is 0 Å². The van der Waals surface area contributed by atoms with Crippen LogP contribution >= 0.6 is 0 Å². The molecule has 1 aromatic rings. The molecule has 0 fully saturated rings. The number of ketones is 1. The first-order valence-electron chi connectivity index (χ1n) is 4.60. The highest BCUT2D eigenvalue weighted by Gasteiger charge is 2.14. The Kier molecular flexibility index (Phi) is 3.69. The summed E-state index contributed by atoms with van der Waals surface area (Å²) in [4.78, 5) is 11.3. The van der Waals surface area contributed by atoms with Crippen molar-refractivity contribution in [3.05, 3.63) is 42.8 Å². The highest BCUT2D eigenvalue weighted by atomic mass is 16.1. The van der Waals surface area contributed by atoms with E-state index < -0.39 is 0 Å². The van der Waals surface area contributed by atoms with Gasteiger partial charge in [-0.2, -0.15) is 0 Å². The minimum absolute atomic E-state index is 0.0405. The molecule has 1 radical (unpaired) electrons. The molecular formula is C12H15O. The number of hydrogen-bond donors (Lipinski definition) is 0. The summed E-state index contributed by atoms with van der Waals surface area (Å²) in [5, 5.41) is 0. The lowest BCUT2D eigenvalue weighted by atomic mass is 9.91. The van der Waals surface area contributed by atoms with Gasteiger partial charge in [0.25, 0.3) is 0 Å². The molecule has 0 aliphatic heterocycles. The smallest absolute Gasteiger partial charge is 0.137 e. The van der Waals surface area contributed by atoms with Gasteiger partial charge in [0.2, 0.25) is 0 Å². The van der Waals surface area contributed by atoms with Gasteiger partial charge in [-0.15, -0.1) is 0 Å². The second kappa shape index (κ2) is 4.80. The van der Waals surface area contributed by atoms with Crippen LogP contribution in [0.25, 0.3) is 0 Å². The molecule has 1 nitrogen and oxygen atoms in total. The quantitative estimate of drug-likeness (QED) is 0.687. The van der Waals surface area contributed by atoms with Crippen molar-refractivity contribution in [3.63, 3.8) is 0 Å². The fourth-order valence-corrected chi connectivity index (χ4v) is 1.49. The van der Waals surface area contributed by atoms with Crippen molar-refractivity contribution in [1.29, 1.82) is 0 Å². The Hall–Kier alpha value is -1.11. The monoisotopic (exact) mass is 175 g/mol. The zero-order valence-electron chi connectivity index (χ0n) is 7.99. The molecule has 0 aromatic heterocycles. The van der Waals surface area contributed by atoms with Crippen molar-refractivity contribution in [2.24, 2.45) is 0 Å². The number of carbonyl (C=O) groups is 1. The Morgan fingerprint density at radius 3 is 2.46 bits per heavy atom. The highest BCUT2D eigenvalue weighted by molar-refractivity contribution is 5.83. The molecule has 1 rings (SSSR count). The van der Waals surface area contributed by atoms with Gasteiger partial charge in [-0.3, -0.25) is 4.79 Å². The van der Waals surface area contributed by atoms with E-state index in [0.717, 1.165) is 18.4 Å². The first-order chi connectivity index (χ1) is 6.25. The van der Waals surface area contributed by atoms with Gasteiger partial charge in [0.05, 0.1) is 0 Å². The van der Waals surface area contributed by atoms with E-state index in [1.165, 1.54) is 0 Å². The zero-order chi connectivity index (χ0) is 9.68. The molecule has 0 amide bonds. The predicted octanol–water partition coefficient (Wildman–Crippen LogP) is 2.97. The summed E-state index contributed by atoms with van der Waals surface area (Å²) in [7, 11) is 0. The first-order valence-corrected chi connectivity index (χ1v) is 4.60. The van der Waals surface area contributed by atoms with E-state index >= 15 is 0 Å². The van der Waals surface area contributed by atoms with Crippen LogP contribution in [0.4, 0.5) is 0 Å². The van der Waals surface area contributed by atoms with Gasteiger partial charge in [0, 0.05) is 5.92 Å². The summed E-state index contributed by atoms with van der Waals surface area (Å²) >= 11 is 0. The van der Waals surface area contributed by atoms with Crippen LogP contribution in [-0.4, -0.2) is 5.78 Å². The van der Waals surface area contributed by atoms with Gasteiger partial charge in [0.1, 0.15) is 5.78 Å². The van der Waals surface area contributed by atoms with Crippen LogP contribution in [0, 0.1) is 6.92 Å². The Balaban J connectivity index is 2.82. The Morgan fingerprint density at radius 1 is 1.38 bits per heavy atom. The normalized spacial score (nSPS) is 12.5. The summed E-state index contributed by atoms with van der Waals surface area (Å²) in [6.45, 7) is 5.43. The summed E-state index contributed by atoms with van der Waals surface area (Å²) in [6, 6.07) is 9.90. The standard InChI is InChI=1S/C12H15O/c1-3-7-12(10(2)13)11-8-5-4-6-9-11/h4-6,8-9,12H,1,3,7H2,2H3. The molecule has 0 saturated carbocycles. The average molecular weight is 175 g/mol. The predicted molar refractivity (Wildman–Crippen MR) is 54.5 cm³/mol. The zero-order valence-corrected chi connectivity index (χ0v) is 7.99. The number of carbonyl (C=O) groups excluding carboxylic acids is 1. The van der Waals surface area contributed by atoms with E-state index in [9.17, 15) is 4.79 Å². The maximum absolute atomic E-state index is 11.3. The molecule has 0 aliphatic carbocycles. The molecule has 1 atom stereocenters. The Morgan fingerprint density at radius 2 is 2.00 bits per heavy atom. The highest BCUT2D eigenvalue weighted by Crippen LogP contribution is 2.21. The molecular weight excluding hydrogens is 160 g/mol. The van der Waals surface area contributed by atoms with E-state index in [4.69, 9.17) is 0 Å². The van der Waals surface area contributed by atoms with Gasteiger partial charge in [-0.25, -0.2) is 0 Å². The van der Waals surface area contributed by atoms with Crippen molar-refractivity contribution < 1.29 is 4.79 Å². The van der Waals surface area contributed by atoms with Crippen LogP contribution in [0.3, 0.4) is 0 Å². The van der Waals surface area contributed by atoms with Gasteiger partial charge in [0.15, 0.2) is 0 Å². The fraction of sp³-hybridized carbons (Fsp3) is 0.333. The lowest BCUT2D eigenvalue weighted by Crippen LogP contribution is -2.08. The second-order valence-corrected chi connectivity index (χ2v) is 3.22. The molecule has 0 saturated heterocycles. The van der Waals surface area contributed by atoms with E-state index in [2.05, 4.69) is 6.92 Å². The molecule has 0 heterocycles. The van der Waals surface area contributed by atoms with Crippen molar-refractivity contribution >= 4 is 5.78 Å². The number of hydrogen-bond acceptors (Lipinski definition) is 1. The molecule has 69 valence electrons. The van der Waals surface area contributed by atoms with Gasteiger partial charge in [-0.05, 0) is 18.9 Å². The molecule has 0 N–H and O–H groups in total. The fourth-order valence-electron chi connectivity index (χ4n) is 1.49. The largest absolute Gasteiger partial charge is 0.299 e. The molecule has 1 unspecified atom stereocenters. The first kappa shape index (κ1) is 9.97.